The standard InChI is InChI=1S/C14H16BrNO2/c1-9(2)18-8-13(17)11-5-6-12(15)10-4-3-7-16-14(10)11/h3-7,9,13,17H,8H2,1-2H3. The van der Waals surface area contributed by atoms with Crippen molar-refractivity contribution in [3.63, 3.8) is 0 Å². The molecule has 1 aromatic heterocycles. The van der Waals surface area contributed by atoms with E-state index in [0.29, 0.717) is 0 Å². The predicted octanol–water partition coefficient (Wildman–Crippen LogP) is 3.46. The third-order valence-corrected chi connectivity index (χ3v) is 3.39. The molecule has 0 aliphatic rings. The van der Waals surface area contributed by atoms with E-state index in [4.69, 9.17) is 4.74 Å². The molecule has 1 atom stereocenters. The summed E-state index contributed by atoms with van der Waals surface area (Å²) in [6.45, 7) is 4.18. The van der Waals surface area contributed by atoms with E-state index in [1.54, 1.807) is 6.20 Å². The molecular formula is C14H16BrNO2. The molecule has 0 saturated carbocycles. The number of nitrogens with zero attached hydrogens (tertiary/aromatic N) is 1. The van der Waals surface area contributed by atoms with Gasteiger partial charge >= 0.3 is 0 Å². The highest BCUT2D eigenvalue weighted by Crippen LogP contribution is 2.28. The summed E-state index contributed by atoms with van der Waals surface area (Å²) in [4.78, 5) is 4.34. The Morgan fingerprint density at radius 2 is 2.11 bits per heavy atom. The van der Waals surface area contributed by atoms with Crippen molar-refractivity contribution in [1.29, 1.82) is 0 Å². The summed E-state index contributed by atoms with van der Waals surface area (Å²) in [6, 6.07) is 7.67. The van der Waals surface area contributed by atoms with Crippen LogP contribution in [0.2, 0.25) is 0 Å². The first kappa shape index (κ1) is 13.5. The molecule has 0 saturated heterocycles. The van der Waals surface area contributed by atoms with Crippen molar-refractivity contribution in [2.24, 2.45) is 0 Å². The maximum absolute atomic E-state index is 10.2. The number of halogens is 1. The van der Waals surface area contributed by atoms with E-state index in [1.165, 1.54) is 0 Å². The molecule has 2 aromatic rings. The largest absolute Gasteiger partial charge is 0.386 e. The van der Waals surface area contributed by atoms with E-state index in [1.807, 2.05) is 38.1 Å². The number of ether oxygens (including phenoxy) is 1. The van der Waals surface area contributed by atoms with Gasteiger partial charge in [0, 0.05) is 21.6 Å². The van der Waals surface area contributed by atoms with Crippen LogP contribution in [0.1, 0.15) is 25.5 Å². The summed E-state index contributed by atoms with van der Waals surface area (Å²) in [6.07, 6.45) is 1.18. The van der Waals surface area contributed by atoms with Gasteiger partial charge in [-0.05, 0) is 26.0 Å². The number of rotatable bonds is 4. The molecule has 18 heavy (non-hydrogen) atoms. The zero-order valence-electron chi connectivity index (χ0n) is 10.4. The van der Waals surface area contributed by atoms with E-state index < -0.39 is 6.10 Å². The number of benzene rings is 1. The van der Waals surface area contributed by atoms with Gasteiger partial charge < -0.3 is 9.84 Å². The molecule has 96 valence electrons. The van der Waals surface area contributed by atoms with Crippen molar-refractivity contribution >= 4 is 26.8 Å². The Balaban J connectivity index is 2.36. The van der Waals surface area contributed by atoms with Gasteiger partial charge in [0.2, 0.25) is 0 Å². The molecule has 1 heterocycles. The summed E-state index contributed by atoms with van der Waals surface area (Å²) in [5.41, 5.74) is 1.61. The van der Waals surface area contributed by atoms with E-state index in [0.717, 1.165) is 20.9 Å². The van der Waals surface area contributed by atoms with Crippen molar-refractivity contribution in [3.05, 3.63) is 40.5 Å². The SMILES string of the molecule is CC(C)OCC(O)c1ccc(Br)c2cccnc12. The van der Waals surface area contributed by atoms with Gasteiger partial charge in [0.15, 0.2) is 0 Å². The Bertz CT molecular complexity index is 542. The van der Waals surface area contributed by atoms with E-state index in [9.17, 15) is 5.11 Å². The maximum Gasteiger partial charge on any atom is 0.104 e. The average molecular weight is 310 g/mol. The van der Waals surface area contributed by atoms with Crippen LogP contribution < -0.4 is 0 Å². The normalized spacial score (nSPS) is 13.2. The van der Waals surface area contributed by atoms with Crippen LogP contribution in [0, 0.1) is 0 Å². The number of aliphatic hydroxyl groups is 1. The van der Waals surface area contributed by atoms with Crippen LogP contribution in [0.15, 0.2) is 34.9 Å². The molecule has 2 rings (SSSR count). The molecule has 3 nitrogen and oxygen atoms in total. The fraction of sp³-hybridized carbons (Fsp3) is 0.357. The number of aromatic nitrogens is 1. The zero-order chi connectivity index (χ0) is 13.1. The second-order valence-electron chi connectivity index (χ2n) is 4.43. The lowest BCUT2D eigenvalue weighted by Crippen LogP contribution is -2.12. The van der Waals surface area contributed by atoms with Gasteiger partial charge in [-0.2, -0.15) is 0 Å². The van der Waals surface area contributed by atoms with Crippen molar-refractivity contribution in [1.82, 2.24) is 4.98 Å². The van der Waals surface area contributed by atoms with Gasteiger partial charge in [-0.1, -0.05) is 28.1 Å². The third-order valence-electron chi connectivity index (χ3n) is 2.69. The minimum Gasteiger partial charge on any atom is -0.386 e. The number of hydrogen-bond acceptors (Lipinski definition) is 3. The summed E-state index contributed by atoms with van der Waals surface area (Å²) in [5, 5.41) is 11.2. The highest BCUT2D eigenvalue weighted by atomic mass is 79.9. The van der Waals surface area contributed by atoms with Crippen LogP contribution in [-0.4, -0.2) is 22.8 Å². The summed E-state index contributed by atoms with van der Waals surface area (Å²) in [5.74, 6) is 0. The number of pyridine rings is 1. The Morgan fingerprint density at radius 1 is 1.33 bits per heavy atom. The molecule has 0 fully saturated rings. The number of hydrogen-bond donors (Lipinski definition) is 1. The first-order chi connectivity index (χ1) is 8.59. The number of fused-ring (bicyclic) bond motifs is 1. The van der Waals surface area contributed by atoms with Crippen LogP contribution in [-0.2, 0) is 4.74 Å². The quantitative estimate of drug-likeness (QED) is 0.940. The topological polar surface area (TPSA) is 42.4 Å². The fourth-order valence-electron chi connectivity index (χ4n) is 1.80. The molecule has 0 bridgehead atoms. The summed E-state index contributed by atoms with van der Waals surface area (Å²) >= 11 is 3.49. The number of aliphatic hydroxyl groups excluding tert-OH is 1. The first-order valence-electron chi connectivity index (χ1n) is 5.92. The minimum atomic E-state index is -0.655. The monoisotopic (exact) mass is 309 g/mol. The lowest BCUT2D eigenvalue weighted by Gasteiger charge is -2.15. The molecule has 0 radical (unpaired) electrons. The highest BCUT2D eigenvalue weighted by Gasteiger charge is 2.14. The van der Waals surface area contributed by atoms with Gasteiger partial charge in [0.25, 0.3) is 0 Å². The molecule has 0 spiro atoms. The Hall–Kier alpha value is -0.970. The predicted molar refractivity (Wildman–Crippen MR) is 75.5 cm³/mol. The van der Waals surface area contributed by atoms with E-state index in [-0.39, 0.29) is 12.7 Å². The van der Waals surface area contributed by atoms with Gasteiger partial charge in [0.05, 0.1) is 18.2 Å². The Morgan fingerprint density at radius 3 is 2.83 bits per heavy atom. The van der Waals surface area contributed by atoms with Gasteiger partial charge in [-0.15, -0.1) is 0 Å². The van der Waals surface area contributed by atoms with Gasteiger partial charge in [-0.3, -0.25) is 4.98 Å². The van der Waals surface area contributed by atoms with E-state index in [2.05, 4.69) is 20.9 Å². The second-order valence-corrected chi connectivity index (χ2v) is 5.29. The smallest absolute Gasteiger partial charge is 0.104 e. The van der Waals surface area contributed by atoms with Crippen LogP contribution in [0.3, 0.4) is 0 Å². The lowest BCUT2D eigenvalue weighted by atomic mass is 10.1. The lowest BCUT2D eigenvalue weighted by molar-refractivity contribution is 0.00542. The average Bonchev–Trinajstić information content (AvgIpc) is 2.37. The summed E-state index contributed by atoms with van der Waals surface area (Å²) in [7, 11) is 0. The molecule has 0 aliphatic heterocycles. The molecule has 1 N–H and O–H groups in total. The maximum atomic E-state index is 10.2. The molecule has 1 unspecified atom stereocenters. The van der Waals surface area contributed by atoms with Crippen LogP contribution in [0.5, 0.6) is 0 Å². The van der Waals surface area contributed by atoms with Crippen molar-refractivity contribution in [3.8, 4) is 0 Å². The summed E-state index contributed by atoms with van der Waals surface area (Å²) < 4.78 is 6.43. The van der Waals surface area contributed by atoms with E-state index >= 15 is 0 Å². The zero-order valence-corrected chi connectivity index (χ0v) is 12.0. The molecule has 0 amide bonds. The van der Waals surface area contributed by atoms with Gasteiger partial charge in [0.1, 0.15) is 6.10 Å². The molecule has 1 aromatic carbocycles. The van der Waals surface area contributed by atoms with Crippen LogP contribution >= 0.6 is 15.9 Å². The first-order valence-corrected chi connectivity index (χ1v) is 6.71. The molecule has 4 heteroatoms. The highest BCUT2D eigenvalue weighted by molar-refractivity contribution is 9.10. The van der Waals surface area contributed by atoms with Crippen LogP contribution in [0.25, 0.3) is 10.9 Å². The van der Waals surface area contributed by atoms with Crippen molar-refractivity contribution in [2.45, 2.75) is 26.1 Å². The minimum absolute atomic E-state index is 0.106. The van der Waals surface area contributed by atoms with Crippen molar-refractivity contribution in [2.75, 3.05) is 6.61 Å². The van der Waals surface area contributed by atoms with Gasteiger partial charge in [-0.25, -0.2) is 0 Å². The third kappa shape index (κ3) is 2.88. The Kier molecular flexibility index (Phi) is 4.32. The van der Waals surface area contributed by atoms with Crippen LogP contribution in [0.4, 0.5) is 0 Å². The second kappa shape index (κ2) is 5.78. The fourth-order valence-corrected chi connectivity index (χ4v) is 2.25. The molecular weight excluding hydrogens is 294 g/mol. The Labute approximate surface area is 115 Å². The van der Waals surface area contributed by atoms with Crippen molar-refractivity contribution < 1.29 is 9.84 Å². The molecule has 0 aliphatic carbocycles.